The van der Waals surface area contributed by atoms with Gasteiger partial charge in [-0.1, -0.05) is 30.3 Å². The van der Waals surface area contributed by atoms with E-state index in [0.717, 1.165) is 16.0 Å². The van der Waals surface area contributed by atoms with Crippen LogP contribution in [-0.2, 0) is 4.79 Å². The molecule has 3 rings (SSSR count). The Kier molecular flexibility index (Phi) is 5.15. The minimum Gasteiger partial charge on any atom is -0.401 e. The van der Waals surface area contributed by atoms with Gasteiger partial charge < -0.3 is 9.73 Å². The number of rotatable bonds is 5. The van der Waals surface area contributed by atoms with E-state index in [2.05, 4.69) is 11.4 Å². The second-order valence-electron chi connectivity index (χ2n) is 5.47. The minimum atomic E-state index is -0.657. The molecule has 0 bridgehead atoms. The van der Waals surface area contributed by atoms with Gasteiger partial charge in [-0.25, -0.2) is 0 Å². The molecular weight excluding hydrogens is 366 g/mol. The molecule has 1 amide bonds. The van der Waals surface area contributed by atoms with Gasteiger partial charge in [0.2, 0.25) is 5.91 Å². The number of nitrogens with zero attached hydrogens (tertiary/aromatic N) is 2. The van der Waals surface area contributed by atoms with E-state index in [-0.39, 0.29) is 5.76 Å². The number of furan rings is 1. The Labute approximate surface area is 158 Å². The molecule has 0 saturated carbocycles. The highest BCUT2D eigenvalue weighted by Gasteiger charge is 2.18. The van der Waals surface area contributed by atoms with Crippen LogP contribution in [0.25, 0.3) is 17.2 Å². The lowest BCUT2D eigenvalue weighted by Gasteiger charge is -2.02. The Morgan fingerprint density at radius 3 is 2.67 bits per heavy atom. The average molecular weight is 379 g/mol. The molecule has 0 aliphatic heterocycles. The quantitative estimate of drug-likeness (QED) is 0.391. The summed E-state index contributed by atoms with van der Waals surface area (Å²) in [5, 5.41) is 23.3. The van der Waals surface area contributed by atoms with E-state index in [0.29, 0.717) is 10.6 Å². The molecule has 0 spiro atoms. The average Bonchev–Trinajstić information content (AvgIpc) is 3.25. The smallest absolute Gasteiger partial charge is 0.401 e. The first-order chi connectivity index (χ1) is 13.0. The molecule has 0 radical (unpaired) electrons. The van der Waals surface area contributed by atoms with Crippen LogP contribution < -0.4 is 5.32 Å². The summed E-state index contributed by atoms with van der Waals surface area (Å²) in [5.74, 6) is -0.681. The molecule has 0 saturated heterocycles. The van der Waals surface area contributed by atoms with Gasteiger partial charge in [0.05, 0.1) is 11.6 Å². The molecule has 0 aliphatic rings. The molecule has 8 heteroatoms. The van der Waals surface area contributed by atoms with Crippen LogP contribution >= 0.6 is 11.3 Å². The van der Waals surface area contributed by atoms with Crippen molar-refractivity contribution in [3.8, 4) is 17.2 Å². The van der Waals surface area contributed by atoms with Crippen molar-refractivity contribution in [1.29, 1.82) is 5.26 Å². The number of amides is 1. The Morgan fingerprint density at radius 1 is 1.30 bits per heavy atom. The molecule has 3 aromatic rings. The van der Waals surface area contributed by atoms with E-state index in [1.807, 2.05) is 37.3 Å². The van der Waals surface area contributed by atoms with Gasteiger partial charge in [0.25, 0.3) is 0 Å². The fraction of sp³-hybridized carbons (Fsp3) is 0.0526. The van der Waals surface area contributed by atoms with E-state index < -0.39 is 16.7 Å². The molecule has 0 aliphatic carbocycles. The summed E-state index contributed by atoms with van der Waals surface area (Å²) in [5.41, 5.74) is 2.10. The van der Waals surface area contributed by atoms with Gasteiger partial charge in [0.1, 0.15) is 21.8 Å². The highest BCUT2D eigenvalue weighted by molar-refractivity contribution is 7.17. The zero-order valence-electron chi connectivity index (χ0n) is 14.1. The van der Waals surface area contributed by atoms with Crippen LogP contribution in [0.3, 0.4) is 0 Å². The molecule has 2 aromatic heterocycles. The lowest BCUT2D eigenvalue weighted by atomic mass is 10.0. The van der Waals surface area contributed by atoms with Crippen molar-refractivity contribution in [3.63, 3.8) is 0 Å². The summed E-state index contributed by atoms with van der Waals surface area (Å²) < 4.78 is 4.96. The second-order valence-corrected chi connectivity index (χ2v) is 6.70. The van der Waals surface area contributed by atoms with E-state index in [4.69, 9.17) is 4.42 Å². The third kappa shape index (κ3) is 3.94. The number of benzene rings is 1. The molecule has 1 N–H and O–H groups in total. The first-order valence-electron chi connectivity index (χ1n) is 7.82. The maximum absolute atomic E-state index is 12.2. The number of hydrogen-bond acceptors (Lipinski definition) is 6. The standard InChI is InChI=1S/C19H13N3O4S/c1-12-18(13-5-3-2-4-6-13)15(11-20)19(27-12)21-16(23)9-7-14-8-10-17(26-14)22(24)25/h2-10H,1H3,(H,21,23). The third-order valence-corrected chi connectivity index (χ3v) is 4.71. The molecule has 7 nitrogen and oxygen atoms in total. The fourth-order valence-corrected chi connectivity index (χ4v) is 3.56. The van der Waals surface area contributed by atoms with Crippen LogP contribution in [0.5, 0.6) is 0 Å². The maximum atomic E-state index is 12.2. The predicted octanol–water partition coefficient (Wildman–Crippen LogP) is 4.75. The number of carbonyl (C=O) groups excluding carboxylic acids is 1. The van der Waals surface area contributed by atoms with Crippen molar-refractivity contribution in [2.75, 3.05) is 5.32 Å². The first-order valence-corrected chi connectivity index (χ1v) is 8.63. The summed E-state index contributed by atoms with van der Waals surface area (Å²) in [6, 6.07) is 14.2. The van der Waals surface area contributed by atoms with Crippen molar-refractivity contribution in [2.24, 2.45) is 0 Å². The van der Waals surface area contributed by atoms with E-state index in [1.54, 1.807) is 0 Å². The molecule has 1 aromatic carbocycles. The number of hydrogen-bond donors (Lipinski definition) is 1. The maximum Gasteiger partial charge on any atom is 0.433 e. The molecular formula is C19H13N3O4S. The van der Waals surface area contributed by atoms with Gasteiger partial charge in [-0.2, -0.15) is 5.26 Å². The van der Waals surface area contributed by atoms with Gasteiger partial charge in [-0.05, 0) is 24.6 Å². The van der Waals surface area contributed by atoms with Crippen molar-refractivity contribution in [3.05, 3.63) is 74.9 Å². The number of nitrogens with one attached hydrogen (secondary N) is 1. The predicted molar refractivity (Wildman–Crippen MR) is 102 cm³/mol. The van der Waals surface area contributed by atoms with Crippen LogP contribution in [0.15, 0.2) is 53.0 Å². The lowest BCUT2D eigenvalue weighted by molar-refractivity contribution is -0.402. The van der Waals surface area contributed by atoms with Gasteiger partial charge in [0, 0.05) is 16.5 Å². The first kappa shape index (κ1) is 18.1. The summed E-state index contributed by atoms with van der Waals surface area (Å²) in [7, 11) is 0. The number of anilines is 1. The van der Waals surface area contributed by atoms with Crippen molar-refractivity contribution >= 4 is 34.2 Å². The van der Waals surface area contributed by atoms with Crippen LogP contribution in [0, 0.1) is 28.4 Å². The molecule has 0 unspecified atom stereocenters. The minimum absolute atomic E-state index is 0.185. The van der Waals surface area contributed by atoms with E-state index in [9.17, 15) is 20.2 Å². The number of aryl methyl sites for hydroxylation is 1. The zero-order valence-corrected chi connectivity index (χ0v) is 14.9. The highest BCUT2D eigenvalue weighted by atomic mass is 32.1. The summed E-state index contributed by atoms with van der Waals surface area (Å²) >= 11 is 1.32. The van der Waals surface area contributed by atoms with Crippen LogP contribution in [0.4, 0.5) is 10.9 Å². The molecule has 0 atom stereocenters. The van der Waals surface area contributed by atoms with Crippen molar-refractivity contribution < 1.29 is 14.1 Å². The van der Waals surface area contributed by atoms with Crippen molar-refractivity contribution in [2.45, 2.75) is 6.92 Å². The van der Waals surface area contributed by atoms with Crippen LogP contribution in [0.1, 0.15) is 16.2 Å². The summed E-state index contributed by atoms with van der Waals surface area (Å²) in [4.78, 5) is 23.0. The van der Waals surface area contributed by atoms with Gasteiger partial charge >= 0.3 is 5.88 Å². The Hall–Kier alpha value is -3.70. The fourth-order valence-electron chi connectivity index (χ4n) is 2.53. The van der Waals surface area contributed by atoms with Crippen molar-refractivity contribution in [1.82, 2.24) is 0 Å². The Balaban J connectivity index is 1.81. The largest absolute Gasteiger partial charge is 0.433 e. The van der Waals surface area contributed by atoms with Crippen LogP contribution in [-0.4, -0.2) is 10.8 Å². The normalized spacial score (nSPS) is 10.7. The Bertz CT molecular complexity index is 1070. The number of nitro groups is 1. The molecule has 0 fully saturated rings. The van der Waals surface area contributed by atoms with Gasteiger partial charge in [-0.15, -0.1) is 11.3 Å². The summed E-state index contributed by atoms with van der Waals surface area (Å²) in [6.07, 6.45) is 2.52. The number of nitriles is 1. The van der Waals surface area contributed by atoms with Gasteiger partial charge in [-0.3, -0.25) is 14.9 Å². The second kappa shape index (κ2) is 7.68. The molecule has 27 heavy (non-hydrogen) atoms. The van der Waals surface area contributed by atoms with Gasteiger partial charge in [0.15, 0.2) is 0 Å². The molecule has 2 heterocycles. The SMILES string of the molecule is Cc1sc(NC(=O)C=Cc2ccc([N+](=O)[O-])o2)c(C#N)c1-c1ccccc1. The Morgan fingerprint density at radius 2 is 2.04 bits per heavy atom. The lowest BCUT2D eigenvalue weighted by Crippen LogP contribution is -2.07. The monoisotopic (exact) mass is 379 g/mol. The summed E-state index contributed by atoms with van der Waals surface area (Å²) in [6.45, 7) is 1.89. The third-order valence-electron chi connectivity index (χ3n) is 3.69. The van der Waals surface area contributed by atoms with Crippen LogP contribution in [0.2, 0.25) is 0 Å². The topological polar surface area (TPSA) is 109 Å². The van der Waals surface area contributed by atoms with E-state index in [1.165, 1.54) is 35.6 Å². The zero-order chi connectivity index (χ0) is 19.4. The molecule has 134 valence electrons. The number of thiophene rings is 1. The highest BCUT2D eigenvalue weighted by Crippen LogP contribution is 2.39. The van der Waals surface area contributed by atoms with E-state index >= 15 is 0 Å². The number of carbonyl (C=O) groups is 1.